The molecule has 1 heterocycles. The Morgan fingerprint density at radius 1 is 1.07 bits per heavy atom. The third-order valence-corrected chi connectivity index (χ3v) is 4.62. The fraction of sp³-hybridized carbons (Fsp3) is 0.211. The Bertz CT molecular complexity index is 986. The SMILES string of the molecule is COc1ccc(-c2nnc(CN(C)C(=O)c3c(Cl)cccc3Cl)o2)cc1OC. The highest BCUT2D eigenvalue weighted by atomic mass is 35.5. The highest BCUT2D eigenvalue weighted by molar-refractivity contribution is 6.39. The number of aromatic nitrogens is 2. The second kappa shape index (κ2) is 8.50. The molecule has 0 saturated heterocycles. The Hall–Kier alpha value is -2.77. The maximum atomic E-state index is 12.7. The molecule has 146 valence electrons. The summed E-state index contributed by atoms with van der Waals surface area (Å²) in [5, 5.41) is 8.59. The minimum Gasteiger partial charge on any atom is -0.493 e. The number of rotatable bonds is 6. The molecule has 3 rings (SSSR count). The maximum Gasteiger partial charge on any atom is 0.257 e. The summed E-state index contributed by atoms with van der Waals surface area (Å²) in [6, 6.07) is 10.1. The number of ether oxygens (including phenoxy) is 2. The number of hydrogen-bond acceptors (Lipinski definition) is 6. The molecule has 0 aliphatic rings. The molecule has 28 heavy (non-hydrogen) atoms. The molecule has 0 N–H and O–H groups in total. The summed E-state index contributed by atoms with van der Waals surface area (Å²) in [5.74, 6) is 1.35. The van der Waals surface area contributed by atoms with Crippen molar-refractivity contribution >= 4 is 29.1 Å². The van der Waals surface area contributed by atoms with Crippen LogP contribution < -0.4 is 9.47 Å². The van der Waals surface area contributed by atoms with Gasteiger partial charge in [-0.25, -0.2) is 0 Å². The Kier molecular flexibility index (Phi) is 6.06. The van der Waals surface area contributed by atoms with E-state index in [-0.39, 0.29) is 34.0 Å². The fourth-order valence-electron chi connectivity index (χ4n) is 2.57. The Morgan fingerprint density at radius 2 is 1.75 bits per heavy atom. The molecule has 0 radical (unpaired) electrons. The molecule has 0 fully saturated rings. The van der Waals surface area contributed by atoms with Gasteiger partial charge in [0.05, 0.1) is 36.4 Å². The summed E-state index contributed by atoms with van der Waals surface area (Å²) >= 11 is 12.2. The van der Waals surface area contributed by atoms with Crippen LogP contribution in [0.4, 0.5) is 0 Å². The van der Waals surface area contributed by atoms with Crippen LogP contribution in [0, 0.1) is 0 Å². The highest BCUT2D eigenvalue weighted by Crippen LogP contribution is 2.32. The van der Waals surface area contributed by atoms with Crippen molar-refractivity contribution in [1.29, 1.82) is 0 Å². The Labute approximate surface area is 171 Å². The number of amides is 1. The van der Waals surface area contributed by atoms with Gasteiger partial charge in [-0.2, -0.15) is 0 Å². The summed E-state index contributed by atoms with van der Waals surface area (Å²) in [7, 11) is 4.70. The number of carbonyl (C=O) groups excluding carboxylic acids is 1. The van der Waals surface area contributed by atoms with E-state index in [4.69, 9.17) is 37.1 Å². The molecule has 0 spiro atoms. The zero-order valence-corrected chi connectivity index (χ0v) is 16.9. The van der Waals surface area contributed by atoms with E-state index < -0.39 is 0 Å². The van der Waals surface area contributed by atoms with Gasteiger partial charge in [0, 0.05) is 12.6 Å². The van der Waals surface area contributed by atoms with E-state index in [1.807, 2.05) is 0 Å². The molecule has 2 aromatic carbocycles. The van der Waals surface area contributed by atoms with Gasteiger partial charge in [0.2, 0.25) is 11.8 Å². The van der Waals surface area contributed by atoms with Crippen molar-refractivity contribution in [3.63, 3.8) is 0 Å². The van der Waals surface area contributed by atoms with E-state index >= 15 is 0 Å². The average molecular weight is 422 g/mol. The number of hydrogen-bond donors (Lipinski definition) is 0. The Morgan fingerprint density at radius 3 is 2.39 bits per heavy atom. The van der Waals surface area contributed by atoms with Crippen LogP contribution in [0.2, 0.25) is 10.0 Å². The topological polar surface area (TPSA) is 77.7 Å². The summed E-state index contributed by atoms with van der Waals surface area (Å²) < 4.78 is 16.2. The van der Waals surface area contributed by atoms with Crippen molar-refractivity contribution in [1.82, 2.24) is 15.1 Å². The minimum absolute atomic E-state index is 0.0979. The maximum absolute atomic E-state index is 12.7. The van der Waals surface area contributed by atoms with Crippen LogP contribution in [0.15, 0.2) is 40.8 Å². The smallest absolute Gasteiger partial charge is 0.257 e. The summed E-state index contributed by atoms with van der Waals surface area (Å²) in [4.78, 5) is 14.1. The molecule has 0 unspecified atom stereocenters. The lowest BCUT2D eigenvalue weighted by Gasteiger charge is -2.16. The monoisotopic (exact) mass is 421 g/mol. The fourth-order valence-corrected chi connectivity index (χ4v) is 3.13. The zero-order valence-electron chi connectivity index (χ0n) is 15.4. The summed E-state index contributed by atoms with van der Waals surface area (Å²) in [6.45, 7) is 0.0979. The predicted octanol–water partition coefficient (Wildman–Crippen LogP) is 4.33. The van der Waals surface area contributed by atoms with E-state index in [0.29, 0.717) is 23.0 Å². The van der Waals surface area contributed by atoms with E-state index in [1.54, 1.807) is 57.7 Å². The zero-order chi connectivity index (χ0) is 20.3. The highest BCUT2D eigenvalue weighted by Gasteiger charge is 2.21. The predicted molar refractivity (Wildman–Crippen MR) is 105 cm³/mol. The van der Waals surface area contributed by atoms with Gasteiger partial charge < -0.3 is 18.8 Å². The molecular weight excluding hydrogens is 405 g/mol. The van der Waals surface area contributed by atoms with Crippen molar-refractivity contribution in [3.05, 3.63) is 57.9 Å². The van der Waals surface area contributed by atoms with Gasteiger partial charge in [-0.3, -0.25) is 4.79 Å². The van der Waals surface area contributed by atoms with Gasteiger partial charge in [0.1, 0.15) is 0 Å². The summed E-state index contributed by atoms with van der Waals surface area (Å²) in [6.07, 6.45) is 0. The number of halogens is 2. The molecule has 7 nitrogen and oxygen atoms in total. The van der Waals surface area contributed by atoms with Crippen LogP contribution in [0.3, 0.4) is 0 Å². The molecule has 0 aliphatic heterocycles. The van der Waals surface area contributed by atoms with Crippen molar-refractivity contribution in [2.75, 3.05) is 21.3 Å². The standard InChI is InChI=1S/C19H17Cl2N3O4/c1-24(19(25)17-12(20)5-4-6-13(17)21)10-16-22-23-18(28-16)11-7-8-14(26-2)15(9-11)27-3/h4-9H,10H2,1-3H3. The second-order valence-corrected chi connectivity index (χ2v) is 6.64. The molecule has 1 amide bonds. The van der Waals surface area contributed by atoms with Gasteiger partial charge in [-0.15, -0.1) is 10.2 Å². The lowest BCUT2D eigenvalue weighted by Crippen LogP contribution is -2.27. The van der Waals surface area contributed by atoms with Crippen LogP contribution in [-0.4, -0.2) is 42.3 Å². The van der Waals surface area contributed by atoms with E-state index in [1.165, 1.54) is 4.90 Å². The molecule has 0 bridgehead atoms. The quantitative estimate of drug-likeness (QED) is 0.589. The largest absolute Gasteiger partial charge is 0.493 e. The van der Waals surface area contributed by atoms with E-state index in [0.717, 1.165) is 0 Å². The van der Waals surface area contributed by atoms with E-state index in [9.17, 15) is 4.79 Å². The molecule has 0 aliphatic carbocycles. The average Bonchev–Trinajstić information content (AvgIpc) is 3.15. The van der Waals surface area contributed by atoms with E-state index in [2.05, 4.69) is 10.2 Å². The lowest BCUT2D eigenvalue weighted by molar-refractivity contribution is 0.0773. The lowest BCUT2D eigenvalue weighted by atomic mass is 10.2. The van der Waals surface area contributed by atoms with Crippen molar-refractivity contribution in [2.45, 2.75) is 6.54 Å². The van der Waals surface area contributed by atoms with Crippen LogP contribution in [0.25, 0.3) is 11.5 Å². The van der Waals surface area contributed by atoms with Crippen molar-refractivity contribution in [2.24, 2.45) is 0 Å². The van der Waals surface area contributed by atoms with Gasteiger partial charge >= 0.3 is 0 Å². The van der Waals surface area contributed by atoms with Gasteiger partial charge in [0.15, 0.2) is 11.5 Å². The van der Waals surface area contributed by atoms with Crippen LogP contribution >= 0.6 is 23.2 Å². The molecule has 0 saturated carbocycles. The Balaban J connectivity index is 1.78. The van der Waals surface area contributed by atoms with Gasteiger partial charge in [-0.05, 0) is 30.3 Å². The first-order valence-electron chi connectivity index (χ1n) is 8.18. The van der Waals surface area contributed by atoms with Crippen LogP contribution in [0.1, 0.15) is 16.2 Å². The minimum atomic E-state index is -0.346. The van der Waals surface area contributed by atoms with Gasteiger partial charge in [0.25, 0.3) is 5.91 Å². The second-order valence-electron chi connectivity index (χ2n) is 5.83. The normalized spacial score (nSPS) is 10.6. The number of nitrogens with zero attached hydrogens (tertiary/aromatic N) is 3. The number of methoxy groups -OCH3 is 2. The molecule has 3 aromatic rings. The first kappa shape index (κ1) is 20.0. The third kappa shape index (κ3) is 4.05. The molecule has 0 atom stereocenters. The van der Waals surface area contributed by atoms with Crippen molar-refractivity contribution in [3.8, 4) is 23.0 Å². The first-order chi connectivity index (χ1) is 13.4. The molecule has 1 aromatic heterocycles. The van der Waals surface area contributed by atoms with Gasteiger partial charge in [-0.1, -0.05) is 29.3 Å². The summed E-state index contributed by atoms with van der Waals surface area (Å²) in [5.41, 5.74) is 0.896. The molecular formula is C19H17Cl2N3O4. The number of carbonyl (C=O) groups is 1. The third-order valence-electron chi connectivity index (χ3n) is 3.99. The molecule has 9 heteroatoms. The first-order valence-corrected chi connectivity index (χ1v) is 8.94. The number of benzene rings is 2. The van der Waals surface area contributed by atoms with Crippen LogP contribution in [-0.2, 0) is 6.54 Å². The van der Waals surface area contributed by atoms with Crippen molar-refractivity contribution < 1.29 is 18.7 Å². The van der Waals surface area contributed by atoms with Crippen LogP contribution in [0.5, 0.6) is 11.5 Å².